The summed E-state index contributed by atoms with van der Waals surface area (Å²) < 4.78 is 31.7. The summed E-state index contributed by atoms with van der Waals surface area (Å²) >= 11 is 0. The van der Waals surface area contributed by atoms with Crippen molar-refractivity contribution in [2.75, 3.05) is 4.90 Å². The van der Waals surface area contributed by atoms with Crippen molar-refractivity contribution in [3.05, 3.63) is 60.2 Å². The maximum Gasteiger partial charge on any atom is 0.329 e. The molecule has 3 amide bonds. The summed E-state index contributed by atoms with van der Waals surface area (Å²) in [4.78, 5) is 25.0. The van der Waals surface area contributed by atoms with Crippen molar-refractivity contribution in [3.8, 4) is 0 Å². The summed E-state index contributed by atoms with van der Waals surface area (Å²) in [5.74, 6) is -0.501. The standard InChI is InChI=1S/C15H12N2O5S/c18-14-13(10-5-2-1-3-6-10)17(15(19)16-14)11-7-4-8-12(9-11)23(20,21)22/h1-9,13H,(H,16,18,19)(H,20,21,22). The van der Waals surface area contributed by atoms with Gasteiger partial charge in [-0.25, -0.2) is 4.79 Å². The second kappa shape index (κ2) is 5.49. The molecule has 1 atom stereocenters. The zero-order chi connectivity index (χ0) is 16.6. The van der Waals surface area contributed by atoms with E-state index in [1.165, 1.54) is 18.2 Å². The number of imide groups is 1. The third-order valence-corrected chi connectivity index (χ3v) is 4.31. The van der Waals surface area contributed by atoms with Crippen molar-refractivity contribution in [3.63, 3.8) is 0 Å². The van der Waals surface area contributed by atoms with E-state index in [-0.39, 0.29) is 10.6 Å². The van der Waals surface area contributed by atoms with Crippen LogP contribution in [0.15, 0.2) is 59.5 Å². The summed E-state index contributed by atoms with van der Waals surface area (Å²) in [5.41, 5.74) is 0.783. The molecule has 7 nitrogen and oxygen atoms in total. The number of nitrogens with one attached hydrogen (secondary N) is 1. The van der Waals surface area contributed by atoms with E-state index < -0.39 is 28.1 Å². The molecular formula is C15H12N2O5S. The molecule has 23 heavy (non-hydrogen) atoms. The van der Waals surface area contributed by atoms with E-state index in [0.29, 0.717) is 5.56 Å². The summed E-state index contributed by atoms with van der Waals surface area (Å²) in [7, 11) is -4.41. The third-order valence-electron chi connectivity index (χ3n) is 3.46. The van der Waals surface area contributed by atoms with Gasteiger partial charge in [0, 0.05) is 5.69 Å². The zero-order valence-corrected chi connectivity index (χ0v) is 12.5. The van der Waals surface area contributed by atoms with Gasteiger partial charge in [-0.3, -0.25) is 19.6 Å². The van der Waals surface area contributed by atoms with Gasteiger partial charge in [0.05, 0.1) is 4.90 Å². The number of carbonyl (C=O) groups excluding carboxylic acids is 2. The van der Waals surface area contributed by atoms with Gasteiger partial charge >= 0.3 is 6.03 Å². The van der Waals surface area contributed by atoms with Gasteiger partial charge in [0.15, 0.2) is 0 Å². The van der Waals surface area contributed by atoms with Crippen molar-refractivity contribution < 1.29 is 22.6 Å². The molecule has 8 heteroatoms. The minimum absolute atomic E-state index is 0.192. The molecule has 1 aliphatic heterocycles. The third kappa shape index (κ3) is 2.81. The minimum atomic E-state index is -4.41. The van der Waals surface area contributed by atoms with Crippen molar-refractivity contribution in [1.82, 2.24) is 5.32 Å². The Labute approximate surface area is 132 Å². The van der Waals surface area contributed by atoms with E-state index in [2.05, 4.69) is 5.32 Å². The first-order valence-electron chi connectivity index (χ1n) is 6.64. The molecule has 1 fully saturated rings. The minimum Gasteiger partial charge on any atom is -0.282 e. The molecule has 2 aromatic carbocycles. The summed E-state index contributed by atoms with van der Waals surface area (Å²) in [6, 6.07) is 12.3. The predicted octanol–water partition coefficient (Wildman–Crippen LogP) is 1.73. The molecule has 2 N–H and O–H groups in total. The van der Waals surface area contributed by atoms with Crippen LogP contribution in [0.1, 0.15) is 11.6 Å². The molecule has 1 heterocycles. The van der Waals surface area contributed by atoms with Crippen molar-refractivity contribution in [2.45, 2.75) is 10.9 Å². The Morgan fingerprint density at radius 1 is 1.00 bits per heavy atom. The molecule has 0 bridgehead atoms. The lowest BCUT2D eigenvalue weighted by atomic mass is 10.1. The lowest BCUT2D eigenvalue weighted by Gasteiger charge is -2.22. The zero-order valence-electron chi connectivity index (χ0n) is 11.7. The van der Waals surface area contributed by atoms with Crippen LogP contribution in [0.2, 0.25) is 0 Å². The number of hydrogen-bond donors (Lipinski definition) is 2. The number of rotatable bonds is 3. The van der Waals surface area contributed by atoms with E-state index in [9.17, 15) is 18.0 Å². The fourth-order valence-corrected chi connectivity index (χ4v) is 2.98. The maximum atomic E-state index is 12.1. The highest BCUT2D eigenvalue weighted by Gasteiger charge is 2.40. The maximum absolute atomic E-state index is 12.1. The Hall–Kier alpha value is -2.71. The Morgan fingerprint density at radius 2 is 1.70 bits per heavy atom. The topological polar surface area (TPSA) is 104 Å². The lowest BCUT2D eigenvalue weighted by Crippen LogP contribution is -2.29. The molecule has 0 radical (unpaired) electrons. The van der Waals surface area contributed by atoms with Crippen LogP contribution < -0.4 is 10.2 Å². The summed E-state index contributed by atoms with van der Waals surface area (Å²) in [5, 5.41) is 2.21. The van der Waals surface area contributed by atoms with Crippen LogP contribution in [0, 0.1) is 0 Å². The monoisotopic (exact) mass is 332 g/mol. The fraction of sp³-hybridized carbons (Fsp3) is 0.0667. The van der Waals surface area contributed by atoms with Gasteiger partial charge in [-0.2, -0.15) is 8.42 Å². The molecule has 0 aliphatic carbocycles. The Balaban J connectivity index is 2.10. The van der Waals surface area contributed by atoms with Gasteiger partial charge < -0.3 is 0 Å². The molecule has 0 saturated carbocycles. The second-order valence-electron chi connectivity index (χ2n) is 4.95. The first-order chi connectivity index (χ1) is 10.9. The van der Waals surface area contributed by atoms with Gasteiger partial charge in [-0.15, -0.1) is 0 Å². The van der Waals surface area contributed by atoms with Gasteiger partial charge in [0.2, 0.25) is 0 Å². The first kappa shape index (κ1) is 15.2. The smallest absolute Gasteiger partial charge is 0.282 e. The van der Waals surface area contributed by atoms with Crippen LogP contribution in [0.25, 0.3) is 0 Å². The van der Waals surface area contributed by atoms with E-state index in [4.69, 9.17) is 4.55 Å². The number of hydrogen-bond acceptors (Lipinski definition) is 4. The van der Waals surface area contributed by atoms with E-state index >= 15 is 0 Å². The lowest BCUT2D eigenvalue weighted by molar-refractivity contribution is -0.119. The predicted molar refractivity (Wildman–Crippen MR) is 81.5 cm³/mol. The number of carbonyl (C=O) groups is 2. The normalized spacial score (nSPS) is 18.1. The number of urea groups is 1. The molecule has 1 aliphatic rings. The molecule has 1 unspecified atom stereocenters. The Bertz CT molecular complexity index is 880. The number of benzene rings is 2. The Kier molecular flexibility index (Phi) is 3.63. The molecule has 2 aromatic rings. The summed E-state index contributed by atoms with van der Waals surface area (Å²) in [6.45, 7) is 0. The SMILES string of the molecule is O=C1NC(=O)N(c2cccc(S(=O)(=O)O)c2)C1c1ccccc1. The first-order valence-corrected chi connectivity index (χ1v) is 8.08. The Morgan fingerprint density at radius 3 is 2.35 bits per heavy atom. The van der Waals surface area contributed by atoms with Crippen LogP contribution in [0.4, 0.5) is 10.5 Å². The number of amides is 3. The highest BCUT2D eigenvalue weighted by Crippen LogP contribution is 2.32. The molecule has 0 aromatic heterocycles. The van der Waals surface area contributed by atoms with Gasteiger partial charge in [-0.05, 0) is 23.8 Å². The van der Waals surface area contributed by atoms with Crippen LogP contribution in [-0.2, 0) is 14.9 Å². The van der Waals surface area contributed by atoms with Crippen LogP contribution in [-0.4, -0.2) is 24.9 Å². The van der Waals surface area contributed by atoms with Crippen LogP contribution in [0.5, 0.6) is 0 Å². The second-order valence-corrected chi connectivity index (χ2v) is 6.37. The molecular weight excluding hydrogens is 320 g/mol. The molecule has 1 saturated heterocycles. The fourth-order valence-electron chi connectivity index (χ4n) is 2.46. The highest BCUT2D eigenvalue weighted by molar-refractivity contribution is 7.85. The number of anilines is 1. The summed E-state index contributed by atoms with van der Waals surface area (Å²) in [6.07, 6.45) is 0. The van der Waals surface area contributed by atoms with E-state index in [1.54, 1.807) is 30.3 Å². The molecule has 0 spiro atoms. The average molecular weight is 332 g/mol. The molecule has 118 valence electrons. The van der Waals surface area contributed by atoms with Crippen LogP contribution in [0.3, 0.4) is 0 Å². The van der Waals surface area contributed by atoms with Crippen LogP contribution >= 0.6 is 0 Å². The van der Waals surface area contributed by atoms with Gasteiger partial charge in [0.1, 0.15) is 6.04 Å². The largest absolute Gasteiger partial charge is 0.329 e. The van der Waals surface area contributed by atoms with Crippen molar-refractivity contribution in [1.29, 1.82) is 0 Å². The van der Waals surface area contributed by atoms with E-state index in [1.807, 2.05) is 0 Å². The van der Waals surface area contributed by atoms with Crippen molar-refractivity contribution >= 4 is 27.7 Å². The van der Waals surface area contributed by atoms with Gasteiger partial charge in [-0.1, -0.05) is 36.4 Å². The quantitative estimate of drug-likeness (QED) is 0.658. The molecule has 3 rings (SSSR count). The van der Waals surface area contributed by atoms with Gasteiger partial charge in [0.25, 0.3) is 16.0 Å². The van der Waals surface area contributed by atoms with E-state index in [0.717, 1.165) is 11.0 Å². The average Bonchev–Trinajstić information content (AvgIpc) is 2.82. The number of nitrogens with zero attached hydrogens (tertiary/aromatic N) is 1. The highest BCUT2D eigenvalue weighted by atomic mass is 32.2. The van der Waals surface area contributed by atoms with Crippen molar-refractivity contribution in [2.24, 2.45) is 0 Å².